The highest BCUT2D eigenvalue weighted by Gasteiger charge is 2.33. The summed E-state index contributed by atoms with van der Waals surface area (Å²) >= 11 is 5.33. The molecule has 1 atom stereocenters. The van der Waals surface area contributed by atoms with Crippen LogP contribution in [0.2, 0.25) is 0 Å². The number of ether oxygens (including phenoxy) is 2. The summed E-state index contributed by atoms with van der Waals surface area (Å²) < 4.78 is 11.0. The van der Waals surface area contributed by atoms with Gasteiger partial charge in [0.05, 0.1) is 11.7 Å². The summed E-state index contributed by atoms with van der Waals surface area (Å²) in [5.41, 5.74) is 1.77. The second-order valence-electron chi connectivity index (χ2n) is 7.54. The molecule has 3 heterocycles. The predicted molar refractivity (Wildman–Crippen MR) is 117 cm³/mol. The molecule has 7 nitrogen and oxygen atoms in total. The van der Waals surface area contributed by atoms with Gasteiger partial charge in [-0.3, -0.25) is 9.78 Å². The van der Waals surface area contributed by atoms with Crippen LogP contribution in [0.3, 0.4) is 0 Å². The zero-order valence-corrected chi connectivity index (χ0v) is 18.0. The van der Waals surface area contributed by atoms with Crippen LogP contribution < -0.4 is 14.8 Å². The summed E-state index contributed by atoms with van der Waals surface area (Å²) in [5, 5.41) is 3.75. The molecule has 1 amide bonds. The molecule has 2 aliphatic heterocycles. The van der Waals surface area contributed by atoms with Gasteiger partial charge in [-0.15, -0.1) is 0 Å². The van der Waals surface area contributed by atoms with Crippen LogP contribution in [0.25, 0.3) is 0 Å². The number of amides is 1. The van der Waals surface area contributed by atoms with Crippen LogP contribution in [-0.4, -0.2) is 59.8 Å². The third kappa shape index (κ3) is 4.05. The fourth-order valence-corrected chi connectivity index (χ4v) is 4.30. The Hall–Kier alpha value is -2.87. The number of nitrogens with one attached hydrogen (secondary N) is 1. The number of benzene rings is 1. The monoisotopic (exact) mass is 426 g/mol. The molecule has 8 heteroatoms. The lowest BCUT2D eigenvalue weighted by atomic mass is 9.93. The Morgan fingerprint density at radius 2 is 2.00 bits per heavy atom. The van der Waals surface area contributed by atoms with Crippen LogP contribution in [0, 0.1) is 5.92 Å². The molecule has 1 saturated heterocycles. The summed E-state index contributed by atoms with van der Waals surface area (Å²) in [6.45, 7) is 1.78. The van der Waals surface area contributed by atoms with Gasteiger partial charge in [-0.2, -0.15) is 0 Å². The largest absolute Gasteiger partial charge is 0.454 e. The maximum absolute atomic E-state index is 13.4. The standard InChI is InChI=1S/C22H26N4O3S/c1-23-22(30)26-11-8-15(9-12-26)21(27)25(2)20(17-5-3-4-10-24-17)16-6-7-18-19(13-16)29-14-28-18/h3-7,10,13,15,20H,8-9,11-12,14H2,1-2H3,(H,23,30). The lowest BCUT2D eigenvalue weighted by molar-refractivity contribution is -0.137. The van der Waals surface area contributed by atoms with Crippen LogP contribution in [0.1, 0.15) is 30.1 Å². The number of carbonyl (C=O) groups excluding carboxylic acids is 1. The Morgan fingerprint density at radius 3 is 2.70 bits per heavy atom. The van der Waals surface area contributed by atoms with Gasteiger partial charge in [-0.25, -0.2) is 0 Å². The summed E-state index contributed by atoms with van der Waals surface area (Å²) in [6, 6.07) is 11.3. The number of likely N-dealkylation sites (tertiary alicyclic amines) is 1. The molecule has 0 saturated carbocycles. The van der Waals surface area contributed by atoms with Gasteiger partial charge in [-0.1, -0.05) is 12.1 Å². The number of hydrogen-bond acceptors (Lipinski definition) is 5. The quantitative estimate of drug-likeness (QED) is 0.754. The van der Waals surface area contributed by atoms with E-state index in [-0.39, 0.29) is 24.7 Å². The lowest BCUT2D eigenvalue weighted by Gasteiger charge is -2.36. The number of pyridine rings is 1. The predicted octanol–water partition coefficient (Wildman–Crippen LogP) is 2.57. The van der Waals surface area contributed by atoms with E-state index >= 15 is 0 Å². The number of hydrogen-bond donors (Lipinski definition) is 1. The molecule has 0 bridgehead atoms. The fraction of sp³-hybridized carbons (Fsp3) is 0.409. The van der Waals surface area contributed by atoms with Crippen molar-refractivity contribution in [1.82, 2.24) is 20.1 Å². The molecule has 158 valence electrons. The summed E-state index contributed by atoms with van der Waals surface area (Å²) in [5.74, 6) is 1.51. The smallest absolute Gasteiger partial charge is 0.231 e. The maximum atomic E-state index is 13.4. The molecule has 0 spiro atoms. The van der Waals surface area contributed by atoms with Gasteiger partial charge in [0.25, 0.3) is 0 Å². The number of thiocarbonyl (C=S) groups is 1. The first-order valence-corrected chi connectivity index (χ1v) is 10.5. The van der Waals surface area contributed by atoms with E-state index in [1.165, 1.54) is 0 Å². The number of piperidine rings is 1. The first kappa shape index (κ1) is 20.4. The fourth-order valence-electron chi connectivity index (χ4n) is 4.12. The van der Waals surface area contributed by atoms with E-state index in [0.717, 1.165) is 48.1 Å². The Labute approximate surface area is 182 Å². The van der Waals surface area contributed by atoms with E-state index in [9.17, 15) is 4.79 Å². The summed E-state index contributed by atoms with van der Waals surface area (Å²) in [7, 11) is 3.69. The molecule has 30 heavy (non-hydrogen) atoms. The van der Waals surface area contributed by atoms with Crippen LogP contribution >= 0.6 is 12.2 Å². The minimum Gasteiger partial charge on any atom is -0.454 e. The van der Waals surface area contributed by atoms with Crippen molar-refractivity contribution in [2.75, 3.05) is 34.0 Å². The molecule has 1 unspecified atom stereocenters. The third-order valence-corrected chi connectivity index (χ3v) is 6.22. The average molecular weight is 427 g/mol. The van der Waals surface area contributed by atoms with Gasteiger partial charge in [0.2, 0.25) is 12.7 Å². The Bertz CT molecular complexity index is 916. The Kier molecular flexibility index (Phi) is 6.03. The van der Waals surface area contributed by atoms with E-state index < -0.39 is 0 Å². The highest BCUT2D eigenvalue weighted by molar-refractivity contribution is 7.80. The van der Waals surface area contributed by atoms with Crippen molar-refractivity contribution in [3.8, 4) is 11.5 Å². The zero-order valence-electron chi connectivity index (χ0n) is 17.2. The highest BCUT2D eigenvalue weighted by atomic mass is 32.1. The summed E-state index contributed by atoms with van der Waals surface area (Å²) in [6.07, 6.45) is 3.31. The summed E-state index contributed by atoms with van der Waals surface area (Å²) in [4.78, 5) is 21.9. The minimum absolute atomic E-state index is 0.0360. The molecular formula is C22H26N4O3S. The van der Waals surface area contributed by atoms with Crippen molar-refractivity contribution in [3.05, 3.63) is 53.9 Å². The first-order chi connectivity index (χ1) is 14.6. The van der Waals surface area contributed by atoms with E-state index in [1.54, 1.807) is 6.20 Å². The number of aromatic nitrogens is 1. The van der Waals surface area contributed by atoms with Gasteiger partial charge in [0.15, 0.2) is 16.6 Å². The van der Waals surface area contributed by atoms with E-state index in [0.29, 0.717) is 5.75 Å². The second kappa shape index (κ2) is 8.87. The molecule has 2 aromatic rings. The molecule has 2 aliphatic rings. The normalized spacial score (nSPS) is 16.8. The van der Waals surface area contributed by atoms with Crippen molar-refractivity contribution < 1.29 is 14.3 Å². The zero-order chi connectivity index (χ0) is 21.1. The van der Waals surface area contributed by atoms with Crippen LogP contribution in [0.15, 0.2) is 42.6 Å². The molecule has 1 aromatic carbocycles. The number of carbonyl (C=O) groups is 1. The Balaban J connectivity index is 1.57. The van der Waals surface area contributed by atoms with Gasteiger partial charge < -0.3 is 24.6 Å². The second-order valence-corrected chi connectivity index (χ2v) is 7.92. The molecule has 1 aromatic heterocycles. The van der Waals surface area contributed by atoms with E-state index in [2.05, 4.69) is 15.2 Å². The van der Waals surface area contributed by atoms with Crippen LogP contribution in [0.4, 0.5) is 0 Å². The molecule has 4 rings (SSSR count). The number of nitrogens with zero attached hydrogens (tertiary/aromatic N) is 3. The molecular weight excluding hydrogens is 400 g/mol. The van der Waals surface area contributed by atoms with Crippen molar-refractivity contribution in [1.29, 1.82) is 0 Å². The molecule has 1 N–H and O–H groups in total. The van der Waals surface area contributed by atoms with Gasteiger partial charge in [-0.05, 0) is 54.9 Å². The maximum Gasteiger partial charge on any atom is 0.231 e. The van der Waals surface area contributed by atoms with Crippen LogP contribution in [-0.2, 0) is 4.79 Å². The van der Waals surface area contributed by atoms with Gasteiger partial charge >= 0.3 is 0 Å². The van der Waals surface area contributed by atoms with Crippen molar-refractivity contribution >= 4 is 23.2 Å². The van der Waals surface area contributed by atoms with Crippen molar-refractivity contribution in [2.45, 2.75) is 18.9 Å². The van der Waals surface area contributed by atoms with Gasteiger partial charge in [0.1, 0.15) is 0 Å². The average Bonchev–Trinajstić information content (AvgIpc) is 3.27. The number of rotatable bonds is 4. The topological polar surface area (TPSA) is 66.9 Å². The van der Waals surface area contributed by atoms with E-state index in [4.69, 9.17) is 21.7 Å². The van der Waals surface area contributed by atoms with Crippen molar-refractivity contribution in [2.24, 2.45) is 5.92 Å². The molecule has 1 fully saturated rings. The SMILES string of the molecule is CNC(=S)N1CCC(C(=O)N(C)C(c2ccc3c(c2)OCO3)c2ccccn2)CC1. The first-order valence-electron chi connectivity index (χ1n) is 10.1. The molecule has 0 aliphatic carbocycles. The van der Waals surface area contributed by atoms with Crippen LogP contribution in [0.5, 0.6) is 11.5 Å². The van der Waals surface area contributed by atoms with E-state index in [1.807, 2.05) is 55.4 Å². The third-order valence-electron chi connectivity index (χ3n) is 5.76. The lowest BCUT2D eigenvalue weighted by Crippen LogP contribution is -2.46. The van der Waals surface area contributed by atoms with Crippen molar-refractivity contribution in [3.63, 3.8) is 0 Å². The number of fused-ring (bicyclic) bond motifs is 1. The minimum atomic E-state index is -0.301. The molecule has 0 radical (unpaired) electrons. The highest BCUT2D eigenvalue weighted by Crippen LogP contribution is 2.37. The Morgan fingerprint density at radius 1 is 1.23 bits per heavy atom. The van der Waals surface area contributed by atoms with Gasteiger partial charge in [0, 0.05) is 39.3 Å².